The number of hydrogen-bond donors (Lipinski definition) is 0. The molecule has 1 unspecified atom stereocenters. The maximum atomic E-state index is 4.23. The molecule has 0 aliphatic heterocycles. The summed E-state index contributed by atoms with van der Waals surface area (Å²) in [5.41, 5.74) is 4.24. The van der Waals surface area contributed by atoms with Crippen molar-refractivity contribution in [3.63, 3.8) is 0 Å². The highest BCUT2D eigenvalue weighted by Gasteiger charge is 2.21. The van der Waals surface area contributed by atoms with Gasteiger partial charge in [0.25, 0.3) is 0 Å². The Morgan fingerprint density at radius 1 is 1.50 bits per heavy atom. The fourth-order valence-electron chi connectivity index (χ4n) is 2.71. The Morgan fingerprint density at radius 2 is 2.44 bits per heavy atom. The van der Waals surface area contributed by atoms with Gasteiger partial charge in [0.2, 0.25) is 0 Å². The van der Waals surface area contributed by atoms with E-state index in [0.717, 1.165) is 0 Å². The van der Waals surface area contributed by atoms with Crippen molar-refractivity contribution < 1.29 is 0 Å². The van der Waals surface area contributed by atoms with Gasteiger partial charge >= 0.3 is 0 Å². The first-order valence-electron chi connectivity index (χ1n) is 5.92. The SMILES string of the molecule is Cc1cncn1C1CCCc2ccc[8cH]c21. The lowest BCUT2D eigenvalue weighted by atomic mass is 7.70. The highest BCUT2D eigenvalue weighted by Crippen LogP contribution is 2.33. The molecule has 0 bridgehead atoms. The predicted molar refractivity (Wildman–Crippen MR) is 64.5 cm³/mol. The zero-order valence-corrected chi connectivity index (χ0v) is 9.56. The van der Waals surface area contributed by atoms with E-state index in [1.807, 2.05) is 12.5 Å². The van der Waals surface area contributed by atoms with E-state index in [4.69, 9.17) is 0 Å². The summed E-state index contributed by atoms with van der Waals surface area (Å²) in [4.78, 5) is 4.23. The molecule has 2 nitrogen and oxygen atoms in total. The Bertz CT molecular complexity index is 499. The van der Waals surface area contributed by atoms with Crippen LogP contribution in [0, 0.1) is 6.92 Å². The third kappa shape index (κ3) is 1.45. The lowest BCUT2D eigenvalue weighted by Crippen LogP contribution is -2.17. The smallest absolute Gasteiger partial charge is 0.0953 e. The van der Waals surface area contributed by atoms with Gasteiger partial charge in [-0.3, -0.25) is 0 Å². The lowest BCUT2D eigenvalue weighted by Gasteiger charge is -2.27. The van der Waals surface area contributed by atoms with Crippen LogP contribution < -0.4 is 0 Å². The number of fused-ring (bicyclic) bond motifs is 1. The van der Waals surface area contributed by atoms with Gasteiger partial charge in [0.1, 0.15) is 0 Å². The number of hydrogen-bond acceptors (Lipinski definition) is 1. The van der Waals surface area contributed by atoms with Gasteiger partial charge < -0.3 is 4.57 Å². The molecule has 16 heavy (non-hydrogen) atoms. The normalized spacial score (nSPS) is 19.4. The van der Waals surface area contributed by atoms with Crippen LogP contribution in [0.5, 0.6) is 0 Å². The van der Waals surface area contributed by atoms with Crippen molar-refractivity contribution in [1.29, 1.82) is 0 Å². The van der Waals surface area contributed by atoms with E-state index in [0.29, 0.717) is 6.04 Å². The molecule has 3 rings (SSSR count). The number of benzene rings is 1. The van der Waals surface area contributed by atoms with Crippen LogP contribution in [-0.2, 0) is 6.42 Å². The molecule has 1 aliphatic carbocycles. The zero-order valence-electron chi connectivity index (χ0n) is 9.56. The zero-order chi connectivity index (χ0) is 11.0. The topological polar surface area (TPSA) is 17.8 Å². The monoisotopic (exact) mass is 208 g/mol. The van der Waals surface area contributed by atoms with Gasteiger partial charge in [0, 0.05) is 11.9 Å². The molecule has 1 aromatic carbocycles. The van der Waals surface area contributed by atoms with Crippen molar-refractivity contribution in [1.82, 2.24) is 9.55 Å². The van der Waals surface area contributed by atoms with Crippen molar-refractivity contribution in [3.05, 3.63) is 53.6 Å². The Labute approximate surface area is 95.9 Å². The second-order valence-electron chi connectivity index (χ2n) is 4.55. The first kappa shape index (κ1) is 9.64. The van der Waals surface area contributed by atoms with Crippen molar-refractivity contribution in [2.24, 2.45) is 0 Å². The summed E-state index contributed by atoms with van der Waals surface area (Å²) in [5, 5.41) is 0. The number of rotatable bonds is 1. The van der Waals surface area contributed by atoms with Crippen LogP contribution >= 0.6 is 0 Å². The summed E-state index contributed by atoms with van der Waals surface area (Å²) in [7, 11) is 0. The Balaban J connectivity index is 2.08. The summed E-state index contributed by atoms with van der Waals surface area (Å²) in [6.45, 7) is 2.13. The van der Waals surface area contributed by atoms with Crippen LogP contribution in [0.2, 0.25) is 0 Å². The standard InChI is InChI=1S/C14H16N2/c1-11-9-15-10-16(11)14-8-4-6-12-5-2-3-7-13(12)14/h2-3,5,7,9-10,14H,4,6,8H2,1H3/i7-4. The summed E-state index contributed by atoms with van der Waals surface area (Å²) >= 11 is 0. The van der Waals surface area contributed by atoms with Gasteiger partial charge in [0.15, 0.2) is 0 Å². The fourth-order valence-corrected chi connectivity index (χ4v) is 2.71. The summed E-state index contributed by atoms with van der Waals surface area (Å²) in [6, 6.07) is 9.30. The van der Waals surface area contributed by atoms with Crippen LogP contribution in [0.3, 0.4) is 0 Å². The van der Waals surface area contributed by atoms with Crippen molar-refractivity contribution >= 4 is 0 Å². The van der Waals surface area contributed by atoms with E-state index in [1.165, 1.54) is 36.1 Å². The third-order valence-corrected chi connectivity index (χ3v) is 3.53. The number of aromatic nitrogens is 2. The molecule has 0 amide bonds. The molecule has 0 saturated carbocycles. The molecule has 0 radical (unpaired) electrons. The molecule has 1 aromatic heterocycles. The van der Waals surface area contributed by atoms with E-state index in [-0.39, 0.29) is 0 Å². The molecule has 2 heteroatoms. The van der Waals surface area contributed by atoms with Crippen molar-refractivity contribution in [3.8, 4) is 0 Å². The van der Waals surface area contributed by atoms with E-state index in [1.54, 1.807) is 0 Å². The van der Waals surface area contributed by atoms with Crippen LogP contribution in [-0.4, -0.2) is 9.55 Å². The maximum absolute atomic E-state index is 4.23. The highest BCUT2D eigenvalue weighted by molar-refractivity contribution is 5.33. The van der Waals surface area contributed by atoms with Gasteiger partial charge in [0.05, 0.1) is 12.4 Å². The van der Waals surface area contributed by atoms with E-state index >= 15 is 0 Å². The summed E-state index contributed by atoms with van der Waals surface area (Å²) in [5.74, 6) is 0. The molecular formula is C14H16N2. The molecule has 1 aliphatic rings. The number of imidazole rings is 1. The minimum atomic E-state index is 0.493. The number of nitrogens with zero attached hydrogens (tertiary/aromatic N) is 2. The Hall–Kier alpha value is -1.57. The summed E-state index contributed by atoms with van der Waals surface area (Å²) < 4.78 is 2.30. The second kappa shape index (κ2) is 3.78. The Morgan fingerprint density at radius 3 is 3.25 bits per heavy atom. The first-order chi connectivity index (χ1) is 7.86. The van der Waals surface area contributed by atoms with Crippen molar-refractivity contribution in [2.75, 3.05) is 0 Å². The second-order valence-corrected chi connectivity index (χ2v) is 4.55. The van der Waals surface area contributed by atoms with Gasteiger partial charge in [-0.15, -0.1) is 0 Å². The average Bonchev–Trinajstić information content (AvgIpc) is 2.75. The summed E-state index contributed by atoms with van der Waals surface area (Å²) in [6.07, 6.45) is 7.63. The predicted octanol–water partition coefficient (Wildman–Crippen LogP) is 3.12. The molecule has 82 valence electrons. The lowest BCUT2D eigenvalue weighted by molar-refractivity contribution is 0.482. The number of aryl methyl sites for hydroxylation is 2. The van der Waals surface area contributed by atoms with Gasteiger partial charge in [-0.25, -0.2) is 4.98 Å². The minimum absolute atomic E-state index is 0.493. The highest BCUT2D eigenvalue weighted by atomic mass is 15.1. The van der Waals surface area contributed by atoms with Crippen LogP contribution in [0.15, 0.2) is 36.8 Å². The first-order valence-corrected chi connectivity index (χ1v) is 5.92. The molecular weight excluding hydrogens is 192 g/mol. The van der Waals surface area contributed by atoms with Crippen LogP contribution in [0.25, 0.3) is 0 Å². The fraction of sp³-hybridized carbons (Fsp3) is 0.357. The van der Waals surface area contributed by atoms with Crippen molar-refractivity contribution in [2.45, 2.75) is 32.2 Å². The van der Waals surface area contributed by atoms with Gasteiger partial charge in [-0.1, -0.05) is 24.3 Å². The molecule has 1 atom stereocenters. The third-order valence-electron chi connectivity index (χ3n) is 3.53. The van der Waals surface area contributed by atoms with Gasteiger partial charge in [-0.2, -0.15) is 0 Å². The molecule has 2 aromatic rings. The largest absolute Gasteiger partial charge is 0.327 e. The molecule has 0 N–H and O–H groups in total. The van der Waals surface area contributed by atoms with E-state index in [2.05, 4.69) is 40.7 Å². The van der Waals surface area contributed by atoms with E-state index in [9.17, 15) is 0 Å². The Kier molecular flexibility index (Phi) is 2.28. The molecule has 0 saturated heterocycles. The van der Waals surface area contributed by atoms with Gasteiger partial charge in [-0.05, 0) is 37.3 Å². The van der Waals surface area contributed by atoms with E-state index < -0.39 is 0 Å². The quantitative estimate of drug-likeness (QED) is 0.704. The van der Waals surface area contributed by atoms with Crippen LogP contribution in [0.4, 0.5) is 0 Å². The maximum Gasteiger partial charge on any atom is 0.0953 e. The minimum Gasteiger partial charge on any atom is -0.327 e. The molecule has 0 spiro atoms. The molecule has 0 fully saturated rings. The van der Waals surface area contributed by atoms with Crippen LogP contribution in [0.1, 0.15) is 35.7 Å². The average molecular weight is 208 g/mol. The molecule has 1 heterocycles.